The number of carbonyl (C=O) groups is 2. The molecule has 0 bridgehead atoms. The fraction of sp³-hybridized carbons (Fsp3) is 0.875. The summed E-state index contributed by atoms with van der Waals surface area (Å²) in [7, 11) is -3.72. The number of rotatable bonds is 8. The van der Waals surface area contributed by atoms with Crippen LogP contribution in [-0.2, 0) is 43.1 Å². The summed E-state index contributed by atoms with van der Waals surface area (Å²) in [5, 5.41) is 43.0. The van der Waals surface area contributed by atoms with Crippen LogP contribution in [0.3, 0.4) is 0 Å². The number of aliphatic hydroxyl groups is 3. The number of nitrogens with one attached hydrogen (secondary N) is 1. The molecule has 0 aromatic heterocycles. The van der Waals surface area contributed by atoms with E-state index >= 15 is 0 Å². The molecule has 10 unspecified atom stereocenters. The highest BCUT2D eigenvalue weighted by Crippen LogP contribution is 2.31. The van der Waals surface area contributed by atoms with Crippen LogP contribution < -0.4 is 5.32 Å². The molecule has 0 saturated carbocycles. The Labute approximate surface area is 183 Å². The molecular weight excluding hydrogens is 462 g/mol. The van der Waals surface area contributed by atoms with Crippen molar-refractivity contribution < 1.29 is 66.1 Å². The van der Waals surface area contributed by atoms with Crippen LogP contribution in [0.4, 0.5) is 0 Å². The molecule has 0 spiro atoms. The lowest BCUT2D eigenvalue weighted by Gasteiger charge is -2.47. The molecule has 0 aromatic rings. The Balaban J connectivity index is 2.32. The van der Waals surface area contributed by atoms with Crippen LogP contribution in [0, 0.1) is 5.92 Å². The molecule has 16 heteroatoms. The predicted molar refractivity (Wildman–Crippen MR) is 99.1 cm³/mol. The zero-order valence-electron chi connectivity index (χ0n) is 17.3. The summed E-state index contributed by atoms with van der Waals surface area (Å²) < 4.78 is 56.1. The van der Waals surface area contributed by atoms with Gasteiger partial charge >= 0.3 is 16.4 Å². The van der Waals surface area contributed by atoms with Crippen molar-refractivity contribution in [3.05, 3.63) is 0 Å². The van der Waals surface area contributed by atoms with Gasteiger partial charge in [-0.2, -0.15) is 8.42 Å². The molecular formula is C16H27NO14S. The van der Waals surface area contributed by atoms with Crippen molar-refractivity contribution in [2.24, 2.45) is 5.92 Å². The Kier molecular flexibility index (Phi) is 8.90. The van der Waals surface area contributed by atoms with E-state index in [4.69, 9.17) is 23.5 Å². The molecule has 1 amide bonds. The van der Waals surface area contributed by atoms with E-state index in [0.29, 0.717) is 0 Å². The first-order chi connectivity index (χ1) is 14.8. The van der Waals surface area contributed by atoms with Crippen LogP contribution in [0.25, 0.3) is 0 Å². The number of carboxylic acid groups (broad SMARTS) is 1. The number of ether oxygens (including phenoxy) is 4. The highest BCUT2D eigenvalue weighted by molar-refractivity contribution is 7.80. The van der Waals surface area contributed by atoms with Gasteiger partial charge in [0.15, 0.2) is 18.7 Å². The average molecular weight is 489 g/mol. The van der Waals surface area contributed by atoms with E-state index in [-0.39, 0.29) is 0 Å². The fourth-order valence-electron chi connectivity index (χ4n) is 3.51. The standard InChI is InChI=1S/C16H27NO14S/c1-5-9(19)11(21)16(30-12(5)14(22)23)31-13-8(17-6(2)18)15(27-3)29-7(10(13)20)4-28-32(24,25)26/h5,7-13,15-16,19-21H,4H2,1-3H3,(H,17,18)(H,22,23)(H,24,25,26). The number of amides is 1. The lowest BCUT2D eigenvalue weighted by molar-refractivity contribution is -0.332. The smallest absolute Gasteiger partial charge is 0.397 e. The number of aliphatic hydroxyl groups excluding tert-OH is 3. The molecule has 6 N–H and O–H groups in total. The lowest BCUT2D eigenvalue weighted by atomic mass is 9.90. The van der Waals surface area contributed by atoms with Gasteiger partial charge < -0.3 is 44.7 Å². The second-order valence-electron chi connectivity index (χ2n) is 7.41. The van der Waals surface area contributed by atoms with Crippen molar-refractivity contribution in [2.45, 2.75) is 69.1 Å². The number of hydrogen-bond acceptors (Lipinski definition) is 12. The van der Waals surface area contributed by atoms with Gasteiger partial charge in [0.2, 0.25) is 5.91 Å². The van der Waals surface area contributed by atoms with E-state index in [9.17, 15) is 38.4 Å². The number of aliphatic carboxylic acids is 1. The maximum atomic E-state index is 11.7. The molecule has 2 aliphatic rings. The van der Waals surface area contributed by atoms with Crippen molar-refractivity contribution in [3.8, 4) is 0 Å². The number of carbonyl (C=O) groups excluding carboxylic acids is 1. The first kappa shape index (κ1) is 26.8. The Hall–Kier alpha value is -1.47. The van der Waals surface area contributed by atoms with Crippen LogP contribution in [-0.4, -0.2) is 114 Å². The molecule has 2 fully saturated rings. The summed E-state index contributed by atoms with van der Waals surface area (Å²) in [5.41, 5.74) is 0. The summed E-state index contributed by atoms with van der Waals surface area (Å²) in [6.07, 6.45) is -12.7. The lowest BCUT2D eigenvalue weighted by Crippen LogP contribution is -2.67. The zero-order chi connectivity index (χ0) is 24.4. The Morgan fingerprint density at radius 1 is 1.06 bits per heavy atom. The molecule has 10 atom stereocenters. The van der Waals surface area contributed by atoms with Gasteiger partial charge in [0.1, 0.15) is 30.5 Å². The predicted octanol–water partition coefficient (Wildman–Crippen LogP) is -3.40. The zero-order valence-corrected chi connectivity index (χ0v) is 18.1. The molecule has 0 aromatic carbocycles. The van der Waals surface area contributed by atoms with Crippen LogP contribution in [0.2, 0.25) is 0 Å². The summed E-state index contributed by atoms with van der Waals surface area (Å²) in [6, 6.07) is -1.25. The maximum absolute atomic E-state index is 11.7. The molecule has 32 heavy (non-hydrogen) atoms. The van der Waals surface area contributed by atoms with Crippen LogP contribution in [0.15, 0.2) is 0 Å². The first-order valence-corrected chi connectivity index (χ1v) is 10.8. The fourth-order valence-corrected chi connectivity index (χ4v) is 3.82. The quantitative estimate of drug-likeness (QED) is 0.183. The van der Waals surface area contributed by atoms with Crippen molar-refractivity contribution in [2.75, 3.05) is 13.7 Å². The van der Waals surface area contributed by atoms with Crippen molar-refractivity contribution in [1.29, 1.82) is 0 Å². The van der Waals surface area contributed by atoms with Crippen LogP contribution in [0.1, 0.15) is 13.8 Å². The largest absolute Gasteiger partial charge is 0.479 e. The van der Waals surface area contributed by atoms with E-state index in [1.807, 2.05) is 0 Å². The van der Waals surface area contributed by atoms with Gasteiger partial charge in [-0.3, -0.25) is 9.35 Å². The minimum atomic E-state index is -4.89. The second-order valence-corrected chi connectivity index (χ2v) is 8.50. The third kappa shape index (κ3) is 6.31. The van der Waals surface area contributed by atoms with Crippen molar-refractivity contribution >= 4 is 22.3 Å². The van der Waals surface area contributed by atoms with Gasteiger partial charge in [0.25, 0.3) is 0 Å². The van der Waals surface area contributed by atoms with Crippen LogP contribution >= 0.6 is 0 Å². The topological polar surface area (TPSA) is 228 Å². The van der Waals surface area contributed by atoms with Gasteiger partial charge in [-0.05, 0) is 0 Å². The SMILES string of the molecule is COC1OC(COS(=O)(=O)O)C(O)C(OC2OC(C(=O)O)C(C)C(O)C2O)C1NC(C)=O. The van der Waals surface area contributed by atoms with Gasteiger partial charge in [-0.25, -0.2) is 8.98 Å². The normalized spacial score (nSPS) is 40.6. The average Bonchev–Trinajstić information content (AvgIpc) is 2.68. The highest BCUT2D eigenvalue weighted by Gasteiger charge is 2.52. The molecule has 2 rings (SSSR count). The molecule has 2 aliphatic heterocycles. The van der Waals surface area contributed by atoms with E-state index in [1.54, 1.807) is 0 Å². The Bertz CT molecular complexity index is 777. The summed E-state index contributed by atoms with van der Waals surface area (Å²) in [4.78, 5) is 23.1. The highest BCUT2D eigenvalue weighted by atomic mass is 32.3. The summed E-state index contributed by atoms with van der Waals surface area (Å²) in [6.45, 7) is 1.61. The van der Waals surface area contributed by atoms with Gasteiger partial charge in [0, 0.05) is 20.0 Å². The van der Waals surface area contributed by atoms with E-state index in [1.165, 1.54) is 14.0 Å². The third-order valence-electron chi connectivity index (χ3n) is 5.12. The molecule has 0 aliphatic carbocycles. The molecule has 0 radical (unpaired) electrons. The van der Waals surface area contributed by atoms with Crippen molar-refractivity contribution in [3.63, 3.8) is 0 Å². The monoisotopic (exact) mass is 489 g/mol. The number of methoxy groups -OCH3 is 1. The summed E-state index contributed by atoms with van der Waals surface area (Å²) >= 11 is 0. The molecule has 2 heterocycles. The van der Waals surface area contributed by atoms with Gasteiger partial charge in [-0.15, -0.1) is 0 Å². The van der Waals surface area contributed by atoms with E-state index in [0.717, 1.165) is 6.92 Å². The maximum Gasteiger partial charge on any atom is 0.397 e. The minimum Gasteiger partial charge on any atom is -0.479 e. The number of carboxylic acids is 1. The second kappa shape index (κ2) is 10.6. The number of hydrogen-bond donors (Lipinski definition) is 6. The molecule has 2 saturated heterocycles. The Morgan fingerprint density at radius 3 is 2.19 bits per heavy atom. The van der Waals surface area contributed by atoms with Crippen molar-refractivity contribution in [1.82, 2.24) is 5.32 Å². The molecule has 186 valence electrons. The Morgan fingerprint density at radius 2 is 1.69 bits per heavy atom. The van der Waals surface area contributed by atoms with Gasteiger partial charge in [-0.1, -0.05) is 6.92 Å². The first-order valence-electron chi connectivity index (χ1n) is 9.42. The van der Waals surface area contributed by atoms with Gasteiger partial charge in [0.05, 0.1) is 12.7 Å². The summed E-state index contributed by atoms with van der Waals surface area (Å²) in [5.74, 6) is -3.04. The third-order valence-corrected chi connectivity index (χ3v) is 5.55. The van der Waals surface area contributed by atoms with Crippen LogP contribution in [0.5, 0.6) is 0 Å². The minimum absolute atomic E-state index is 0.601. The van der Waals surface area contributed by atoms with E-state index < -0.39 is 90.0 Å². The van der Waals surface area contributed by atoms with E-state index in [2.05, 4.69) is 9.50 Å². The molecule has 15 nitrogen and oxygen atoms in total.